The molecule has 0 aliphatic rings. The van der Waals surface area contributed by atoms with Crippen molar-refractivity contribution in [3.8, 4) is 44.9 Å². The van der Waals surface area contributed by atoms with Crippen LogP contribution in [0, 0.1) is 0 Å². The van der Waals surface area contributed by atoms with Gasteiger partial charge < -0.3 is 9.47 Å². The number of hydrogen-bond acceptors (Lipinski definition) is 4. The van der Waals surface area contributed by atoms with Gasteiger partial charge >= 0.3 is 11.9 Å². The third-order valence-corrected chi connectivity index (χ3v) is 6.93. The number of benzene rings is 6. The van der Waals surface area contributed by atoms with Gasteiger partial charge in [-0.3, -0.25) is 0 Å². The first-order chi connectivity index (χ1) is 20.7. The first-order valence-corrected chi connectivity index (χ1v) is 13.6. The minimum absolute atomic E-state index is 0.345. The fourth-order valence-corrected chi connectivity index (χ4v) is 4.81. The molecule has 0 unspecified atom stereocenters. The van der Waals surface area contributed by atoms with E-state index >= 15 is 0 Å². The lowest BCUT2D eigenvalue weighted by Crippen LogP contribution is -2.13. The van der Waals surface area contributed by atoms with Crippen molar-refractivity contribution in [3.63, 3.8) is 0 Å². The number of esters is 2. The van der Waals surface area contributed by atoms with Crippen molar-refractivity contribution in [1.82, 2.24) is 0 Å². The highest BCUT2D eigenvalue weighted by molar-refractivity contribution is 6.04. The van der Waals surface area contributed by atoms with Crippen LogP contribution >= 0.6 is 0 Å². The molecule has 0 atom stereocenters. The second-order valence-electron chi connectivity index (χ2n) is 9.65. The first-order valence-electron chi connectivity index (χ1n) is 13.6. The molecule has 4 nitrogen and oxygen atoms in total. The van der Waals surface area contributed by atoms with E-state index in [-0.39, 0.29) is 0 Å². The van der Waals surface area contributed by atoms with E-state index in [4.69, 9.17) is 9.47 Å². The van der Waals surface area contributed by atoms with Gasteiger partial charge in [0, 0.05) is 0 Å². The molecule has 0 radical (unpaired) electrons. The third kappa shape index (κ3) is 5.88. The second-order valence-corrected chi connectivity index (χ2v) is 9.65. The van der Waals surface area contributed by atoms with Gasteiger partial charge in [0.2, 0.25) is 0 Å². The van der Waals surface area contributed by atoms with Gasteiger partial charge in [-0.2, -0.15) is 0 Å². The molecule has 42 heavy (non-hydrogen) atoms. The fraction of sp³-hybridized carbons (Fsp3) is 0. The molecule has 0 aromatic heterocycles. The molecule has 6 rings (SSSR count). The van der Waals surface area contributed by atoms with E-state index in [1.54, 1.807) is 60.7 Å². The zero-order valence-electron chi connectivity index (χ0n) is 22.6. The summed E-state index contributed by atoms with van der Waals surface area (Å²) in [7, 11) is 0. The summed E-state index contributed by atoms with van der Waals surface area (Å²) in [6, 6.07) is 48.9. The van der Waals surface area contributed by atoms with Crippen LogP contribution in [0.2, 0.25) is 0 Å². The van der Waals surface area contributed by atoms with E-state index in [0.717, 1.165) is 22.3 Å². The van der Waals surface area contributed by atoms with Gasteiger partial charge in [-0.05, 0) is 69.8 Å². The molecule has 0 saturated carbocycles. The normalized spacial score (nSPS) is 10.6. The molecule has 0 N–H and O–H groups in total. The zero-order valence-corrected chi connectivity index (χ0v) is 22.6. The Balaban J connectivity index is 1.22. The van der Waals surface area contributed by atoms with E-state index in [9.17, 15) is 9.59 Å². The Morgan fingerprint density at radius 3 is 1.02 bits per heavy atom. The summed E-state index contributed by atoms with van der Waals surface area (Å²) in [5, 5.41) is 0. The van der Waals surface area contributed by atoms with Crippen LogP contribution in [0.1, 0.15) is 20.7 Å². The Bertz CT molecular complexity index is 1690. The highest BCUT2D eigenvalue weighted by Gasteiger charge is 2.20. The van der Waals surface area contributed by atoms with E-state index in [1.165, 1.54) is 0 Å². The quantitative estimate of drug-likeness (QED) is 0.148. The smallest absolute Gasteiger partial charge is 0.344 e. The van der Waals surface area contributed by atoms with Crippen molar-refractivity contribution < 1.29 is 19.1 Å². The standard InChI is InChI=1S/C38H26O4/c39-37(41-31-23-19-29(20-24-31)27-11-3-1-4-12-27)35-17-9-7-15-33(35)34-16-8-10-18-36(34)38(40)42-32-25-21-30(22-26-32)28-13-5-2-6-14-28/h1-26H. The number of carbonyl (C=O) groups excluding carboxylic acids is 2. The van der Waals surface area contributed by atoms with Crippen LogP contribution in [-0.4, -0.2) is 11.9 Å². The maximum absolute atomic E-state index is 13.3. The predicted octanol–water partition coefficient (Wildman–Crippen LogP) is 9.13. The highest BCUT2D eigenvalue weighted by Crippen LogP contribution is 2.30. The van der Waals surface area contributed by atoms with Crippen molar-refractivity contribution in [2.24, 2.45) is 0 Å². The number of carbonyl (C=O) groups is 2. The Hall–Kier alpha value is -5.74. The van der Waals surface area contributed by atoms with E-state index < -0.39 is 11.9 Å². The molecule has 0 aliphatic heterocycles. The Labute approximate surface area is 244 Å². The van der Waals surface area contributed by atoms with Crippen molar-refractivity contribution in [3.05, 3.63) is 169 Å². The molecule has 0 aliphatic carbocycles. The van der Waals surface area contributed by atoms with Crippen LogP contribution in [-0.2, 0) is 0 Å². The van der Waals surface area contributed by atoms with Gasteiger partial charge in [0.05, 0.1) is 11.1 Å². The molecule has 4 heteroatoms. The number of hydrogen-bond donors (Lipinski definition) is 0. The molecular formula is C38H26O4. The Morgan fingerprint density at radius 1 is 0.333 bits per heavy atom. The average molecular weight is 547 g/mol. The predicted molar refractivity (Wildman–Crippen MR) is 166 cm³/mol. The van der Waals surface area contributed by atoms with Gasteiger partial charge in [0.1, 0.15) is 11.5 Å². The van der Waals surface area contributed by atoms with Crippen LogP contribution in [0.5, 0.6) is 11.5 Å². The first kappa shape index (κ1) is 26.5. The molecule has 0 bridgehead atoms. The summed E-state index contributed by atoms with van der Waals surface area (Å²) in [4.78, 5) is 26.7. The summed E-state index contributed by atoms with van der Waals surface area (Å²) in [5.74, 6) is -0.169. The Morgan fingerprint density at radius 2 is 0.643 bits per heavy atom. The number of ether oxygens (including phenoxy) is 2. The van der Waals surface area contributed by atoms with Crippen molar-refractivity contribution >= 4 is 11.9 Å². The van der Waals surface area contributed by atoms with Gasteiger partial charge in [0.25, 0.3) is 0 Å². The van der Waals surface area contributed by atoms with Crippen molar-refractivity contribution in [1.29, 1.82) is 0 Å². The molecule has 202 valence electrons. The van der Waals surface area contributed by atoms with Crippen LogP contribution < -0.4 is 9.47 Å². The molecule has 6 aromatic carbocycles. The average Bonchev–Trinajstić information content (AvgIpc) is 3.06. The van der Waals surface area contributed by atoms with Gasteiger partial charge in [-0.1, -0.05) is 121 Å². The third-order valence-electron chi connectivity index (χ3n) is 6.93. The van der Waals surface area contributed by atoms with Gasteiger partial charge in [0.15, 0.2) is 0 Å². The van der Waals surface area contributed by atoms with Crippen LogP contribution in [0.15, 0.2) is 158 Å². The molecule has 0 amide bonds. The Kier molecular flexibility index (Phi) is 7.69. The molecule has 0 spiro atoms. The topological polar surface area (TPSA) is 52.6 Å². The number of rotatable bonds is 7. The van der Waals surface area contributed by atoms with Crippen LogP contribution in [0.25, 0.3) is 33.4 Å². The minimum Gasteiger partial charge on any atom is -0.423 e. The van der Waals surface area contributed by atoms with Gasteiger partial charge in [-0.15, -0.1) is 0 Å². The van der Waals surface area contributed by atoms with Gasteiger partial charge in [-0.25, -0.2) is 9.59 Å². The van der Waals surface area contributed by atoms with Crippen molar-refractivity contribution in [2.45, 2.75) is 0 Å². The summed E-state index contributed by atoms with van der Waals surface area (Å²) >= 11 is 0. The van der Waals surface area contributed by atoms with E-state index in [0.29, 0.717) is 33.8 Å². The van der Waals surface area contributed by atoms with E-state index in [2.05, 4.69) is 0 Å². The lowest BCUT2D eigenvalue weighted by atomic mass is 9.95. The monoisotopic (exact) mass is 546 g/mol. The maximum atomic E-state index is 13.3. The second kappa shape index (κ2) is 12.2. The molecular weight excluding hydrogens is 520 g/mol. The van der Waals surface area contributed by atoms with Crippen LogP contribution in [0.3, 0.4) is 0 Å². The molecule has 0 saturated heterocycles. The SMILES string of the molecule is O=C(Oc1ccc(-c2ccccc2)cc1)c1ccccc1-c1ccccc1C(=O)Oc1ccc(-c2ccccc2)cc1. The van der Waals surface area contributed by atoms with Crippen LogP contribution in [0.4, 0.5) is 0 Å². The summed E-state index contributed by atoms with van der Waals surface area (Å²) in [6.45, 7) is 0. The van der Waals surface area contributed by atoms with E-state index in [1.807, 2.05) is 97.1 Å². The summed E-state index contributed by atoms with van der Waals surface area (Å²) in [6.07, 6.45) is 0. The van der Waals surface area contributed by atoms with Crippen molar-refractivity contribution in [2.75, 3.05) is 0 Å². The fourth-order valence-electron chi connectivity index (χ4n) is 4.81. The maximum Gasteiger partial charge on any atom is 0.344 e. The largest absolute Gasteiger partial charge is 0.423 e. The zero-order chi connectivity index (χ0) is 28.7. The lowest BCUT2D eigenvalue weighted by Gasteiger charge is -2.13. The molecule has 0 heterocycles. The molecule has 6 aromatic rings. The lowest BCUT2D eigenvalue weighted by molar-refractivity contribution is 0.0723. The molecule has 0 fully saturated rings. The highest BCUT2D eigenvalue weighted by atomic mass is 16.5. The minimum atomic E-state index is -0.516. The summed E-state index contributed by atoms with van der Waals surface area (Å²) < 4.78 is 11.5. The summed E-state index contributed by atoms with van der Waals surface area (Å²) in [5.41, 5.74) is 6.06.